The van der Waals surface area contributed by atoms with Gasteiger partial charge in [-0.1, -0.05) is 104 Å². The molecule has 1 aliphatic heterocycles. The summed E-state index contributed by atoms with van der Waals surface area (Å²) in [5.41, 5.74) is 3.88. The highest BCUT2D eigenvalue weighted by Gasteiger charge is 2.60. The molecule has 0 aromatic carbocycles. The van der Waals surface area contributed by atoms with Gasteiger partial charge in [-0.05, 0) is 19.8 Å². The van der Waals surface area contributed by atoms with Crippen LogP contribution in [0.3, 0.4) is 0 Å². The summed E-state index contributed by atoms with van der Waals surface area (Å²) in [7, 11) is 0. The number of hydrogen-bond donors (Lipinski definition) is 0. The largest absolute Gasteiger partial charge is 0.309 e. The van der Waals surface area contributed by atoms with Crippen LogP contribution in [-0.2, 0) is 9.59 Å². The summed E-state index contributed by atoms with van der Waals surface area (Å²) in [5, 5.41) is 0. The van der Waals surface area contributed by atoms with E-state index in [2.05, 4.69) is 50.5 Å². The van der Waals surface area contributed by atoms with Crippen molar-refractivity contribution < 1.29 is 9.59 Å². The number of carbonyl (C=O) groups is 2. The van der Waals surface area contributed by atoms with Crippen molar-refractivity contribution in [2.24, 2.45) is 22.7 Å². The smallest absolute Gasteiger partial charge is 0.232 e. The minimum atomic E-state index is -0.180. The Labute approximate surface area is 196 Å². The molecule has 2 bridgehead atoms. The minimum Gasteiger partial charge on any atom is -0.309 e. The van der Waals surface area contributed by atoms with Crippen molar-refractivity contribution in [2.75, 3.05) is 6.54 Å². The highest BCUT2D eigenvalue weighted by Crippen LogP contribution is 2.60. The molecule has 0 aromatic heterocycles. The van der Waals surface area contributed by atoms with E-state index in [4.69, 9.17) is 0 Å². The van der Waals surface area contributed by atoms with Gasteiger partial charge in [0, 0.05) is 29.7 Å². The molecule has 1 saturated heterocycles. The van der Waals surface area contributed by atoms with E-state index >= 15 is 0 Å². The molecule has 0 saturated carbocycles. The molecular formula is C29H45NO2. The zero-order valence-corrected chi connectivity index (χ0v) is 21.2. The van der Waals surface area contributed by atoms with Gasteiger partial charge in [0.05, 0.1) is 11.6 Å². The molecule has 2 atom stereocenters. The van der Waals surface area contributed by atoms with Crippen LogP contribution in [0.1, 0.15) is 98.8 Å². The Morgan fingerprint density at radius 2 is 1.31 bits per heavy atom. The number of likely N-dealkylation sites (tertiary alicyclic amines) is 1. The summed E-state index contributed by atoms with van der Waals surface area (Å²) in [6.07, 6.45) is 20.5. The molecule has 3 nitrogen and oxygen atoms in total. The maximum Gasteiger partial charge on any atom is 0.232 e. The lowest BCUT2D eigenvalue weighted by Crippen LogP contribution is -2.45. The maximum absolute atomic E-state index is 13.3. The highest BCUT2D eigenvalue weighted by atomic mass is 16.2. The molecular weight excluding hydrogens is 394 g/mol. The molecule has 3 aliphatic carbocycles. The van der Waals surface area contributed by atoms with Crippen molar-refractivity contribution in [1.82, 2.24) is 4.90 Å². The Hall–Kier alpha value is -1.86. The van der Waals surface area contributed by atoms with E-state index in [0.29, 0.717) is 5.78 Å². The first-order chi connectivity index (χ1) is 15.3. The molecule has 32 heavy (non-hydrogen) atoms. The van der Waals surface area contributed by atoms with Gasteiger partial charge in [-0.15, -0.1) is 5.73 Å². The number of ketones is 1. The molecule has 1 fully saturated rings. The average Bonchev–Trinajstić information content (AvgIpc) is 3.09. The Morgan fingerprint density at radius 3 is 1.78 bits per heavy atom. The third-order valence-electron chi connectivity index (χ3n) is 7.49. The fraction of sp³-hybridized carbons (Fsp3) is 0.690. The first-order valence-corrected chi connectivity index (χ1v) is 12.9. The summed E-state index contributed by atoms with van der Waals surface area (Å²) >= 11 is 0. The number of unbranched alkanes of at least 4 members (excludes halogenated alkanes) is 8. The summed E-state index contributed by atoms with van der Waals surface area (Å²) in [6.45, 7) is 14.8. The lowest BCUT2D eigenvalue weighted by atomic mass is 9.53. The van der Waals surface area contributed by atoms with Crippen molar-refractivity contribution in [2.45, 2.75) is 98.8 Å². The van der Waals surface area contributed by atoms with Crippen molar-refractivity contribution in [3.8, 4) is 0 Å². The highest BCUT2D eigenvalue weighted by molar-refractivity contribution is 5.87. The number of amides is 1. The summed E-state index contributed by atoms with van der Waals surface area (Å²) in [5.74, 6) is 0.734. The molecule has 1 amide bonds. The van der Waals surface area contributed by atoms with E-state index in [0.717, 1.165) is 31.5 Å². The fourth-order valence-electron chi connectivity index (χ4n) is 5.60. The van der Waals surface area contributed by atoms with Crippen molar-refractivity contribution in [3.05, 3.63) is 42.3 Å². The number of allylic oxidation sites excluding steroid dienone is 5. The van der Waals surface area contributed by atoms with Crippen molar-refractivity contribution in [1.29, 1.82) is 0 Å². The molecule has 1 heterocycles. The molecule has 0 N–H and O–H groups in total. The van der Waals surface area contributed by atoms with Crippen molar-refractivity contribution >= 4 is 11.7 Å². The van der Waals surface area contributed by atoms with Crippen LogP contribution in [0.25, 0.3) is 0 Å². The van der Waals surface area contributed by atoms with Crippen molar-refractivity contribution in [3.63, 3.8) is 0 Å². The normalized spacial score (nSPS) is 29.6. The quantitative estimate of drug-likeness (QED) is 0.180. The van der Waals surface area contributed by atoms with Crippen LogP contribution in [0.4, 0.5) is 0 Å². The predicted octanol–water partition coefficient (Wildman–Crippen LogP) is 7.40. The summed E-state index contributed by atoms with van der Waals surface area (Å²) in [4.78, 5) is 26.3. The van der Waals surface area contributed by atoms with Gasteiger partial charge in [0.25, 0.3) is 0 Å². The third-order valence-corrected chi connectivity index (χ3v) is 7.49. The molecule has 0 spiro atoms. The van der Waals surface area contributed by atoms with E-state index < -0.39 is 0 Å². The van der Waals surface area contributed by atoms with Gasteiger partial charge in [0.2, 0.25) is 5.91 Å². The van der Waals surface area contributed by atoms with E-state index in [9.17, 15) is 9.59 Å². The van der Waals surface area contributed by atoms with Crippen LogP contribution in [-0.4, -0.2) is 23.1 Å². The first kappa shape index (κ1) is 26.4. The van der Waals surface area contributed by atoms with E-state index in [-0.39, 0.29) is 28.6 Å². The molecule has 4 aliphatic rings. The Balaban J connectivity index is 0.00000176. The standard InChI is InChI=1S/C27H39NO2.C2H6/c1-5-22-23-24(27(4)18-16-26(23,3)17-19-27)25(30)28(22)20-14-12-10-8-6-7-9-11-13-15-21(2)29;1-2/h16-19,23-24H,1,6-15,20H2,2-4H3;1-2H3. The Bertz CT molecular complexity index is 754. The van der Waals surface area contributed by atoms with E-state index in [1.165, 1.54) is 44.9 Å². The lowest BCUT2D eigenvalue weighted by molar-refractivity contribution is -0.133. The van der Waals surface area contributed by atoms with Gasteiger partial charge in [-0.25, -0.2) is 0 Å². The second-order valence-electron chi connectivity index (χ2n) is 10.0. The summed E-state index contributed by atoms with van der Waals surface area (Å²) < 4.78 is 0. The Kier molecular flexibility index (Phi) is 9.77. The van der Waals surface area contributed by atoms with Gasteiger partial charge < -0.3 is 9.69 Å². The van der Waals surface area contributed by atoms with Gasteiger partial charge in [0.1, 0.15) is 5.78 Å². The number of rotatable bonds is 12. The van der Waals surface area contributed by atoms with Crippen LogP contribution in [0.15, 0.2) is 42.3 Å². The number of Topliss-reactive ketones (excluding diaryl/α,β-unsaturated/α-hetero) is 1. The molecule has 0 aromatic rings. The van der Waals surface area contributed by atoms with Gasteiger partial charge in [-0.3, -0.25) is 4.79 Å². The summed E-state index contributed by atoms with van der Waals surface area (Å²) in [6, 6.07) is 0. The SMILES string of the molecule is C=C=C1C2C(C(=O)N1CCCCCCCCCCCC(C)=O)C1(C)C=CC2(C)C=C1.CC. The minimum absolute atomic E-state index is 0.00949. The number of hydrogen-bond acceptors (Lipinski definition) is 2. The number of nitrogens with zero attached hydrogens (tertiary/aromatic N) is 1. The number of carbonyl (C=O) groups excluding carboxylic acids is 2. The maximum atomic E-state index is 13.3. The monoisotopic (exact) mass is 439 g/mol. The molecule has 178 valence electrons. The van der Waals surface area contributed by atoms with E-state index in [1.807, 2.05) is 18.7 Å². The molecule has 0 radical (unpaired) electrons. The van der Waals surface area contributed by atoms with Gasteiger partial charge in [-0.2, -0.15) is 0 Å². The predicted molar refractivity (Wildman–Crippen MR) is 134 cm³/mol. The van der Waals surface area contributed by atoms with Crippen LogP contribution in [0, 0.1) is 22.7 Å². The second kappa shape index (κ2) is 11.8. The third kappa shape index (κ3) is 5.73. The first-order valence-electron chi connectivity index (χ1n) is 12.9. The van der Waals surface area contributed by atoms with Gasteiger partial charge >= 0.3 is 0 Å². The average molecular weight is 440 g/mol. The zero-order chi connectivity index (χ0) is 23.8. The molecule has 4 rings (SSSR count). The second-order valence-corrected chi connectivity index (χ2v) is 10.0. The van der Waals surface area contributed by atoms with Crippen LogP contribution in [0.2, 0.25) is 0 Å². The topological polar surface area (TPSA) is 37.4 Å². The van der Waals surface area contributed by atoms with Crippen LogP contribution in [0.5, 0.6) is 0 Å². The molecule has 3 heteroatoms. The molecule has 2 unspecified atom stereocenters. The van der Waals surface area contributed by atoms with Crippen LogP contribution >= 0.6 is 0 Å². The lowest BCUT2D eigenvalue weighted by Gasteiger charge is -2.48. The zero-order valence-electron chi connectivity index (χ0n) is 21.2. The fourth-order valence-corrected chi connectivity index (χ4v) is 5.60. The van der Waals surface area contributed by atoms with E-state index in [1.54, 1.807) is 6.92 Å². The van der Waals surface area contributed by atoms with Crippen LogP contribution < -0.4 is 0 Å². The Morgan fingerprint density at radius 1 is 0.875 bits per heavy atom. The van der Waals surface area contributed by atoms with Gasteiger partial charge in [0.15, 0.2) is 0 Å².